The summed E-state index contributed by atoms with van der Waals surface area (Å²) in [5.74, 6) is -5.81. The molecule has 0 spiro atoms. The van der Waals surface area contributed by atoms with Crippen LogP contribution < -0.4 is 16.4 Å². The Hall–Kier alpha value is -5.81. The fraction of sp³-hybridized carbons (Fsp3) is 0.250. The molecule has 0 bridgehead atoms. The van der Waals surface area contributed by atoms with E-state index in [-0.39, 0.29) is 31.4 Å². The van der Waals surface area contributed by atoms with Crippen molar-refractivity contribution in [1.29, 1.82) is 0 Å². The lowest BCUT2D eigenvalue weighted by atomic mass is 9.90. The number of amides is 3. The van der Waals surface area contributed by atoms with Crippen LogP contribution in [0.5, 0.6) is 0 Å². The minimum Gasteiger partial charge on any atom is -0.481 e. The Balaban J connectivity index is 1.38. The van der Waals surface area contributed by atoms with Crippen LogP contribution in [0.2, 0.25) is 5.02 Å². The molecule has 0 saturated carbocycles. The lowest BCUT2D eigenvalue weighted by molar-refractivity contribution is -0.142. The second-order valence-electron chi connectivity index (χ2n) is 13.0. The Morgan fingerprint density at radius 3 is 2.19 bits per heavy atom. The summed E-state index contributed by atoms with van der Waals surface area (Å²) in [4.78, 5) is 81.2. The maximum Gasteiger partial charge on any atom is 0.304 e. The molecular weight excluding hydrogens is 684 g/mol. The molecule has 0 radical (unpaired) electrons. The van der Waals surface area contributed by atoms with E-state index in [1.54, 1.807) is 36.4 Å². The van der Waals surface area contributed by atoms with E-state index in [0.717, 1.165) is 21.9 Å². The highest BCUT2D eigenvalue weighted by atomic mass is 35.5. The molecule has 0 fully saturated rings. The molecule has 6 N–H and O–H groups in total. The standard InChI is InChI=1S/C40H39ClN4O7/c1-23-6-8-24(9-7-23)18-35(46)32(14-15-37(42)48)44-39(51)29(22-38(49)50)21-36(47)33(17-25-10-11-26-4-2-3-5-27(26)16-25)45-40(52)34-20-28-19-30(41)12-13-31(28)43-34/h2-13,16,19-20,29,32-33,43H,14-15,17-18,21-22H2,1H3,(H2,42,48)(H,44,51)(H,45,52)(H,49,50)/t29-,32-,33-/m0/s1. The van der Waals surface area contributed by atoms with E-state index in [1.807, 2.05) is 61.5 Å². The van der Waals surface area contributed by atoms with Gasteiger partial charge in [0, 0.05) is 35.2 Å². The van der Waals surface area contributed by atoms with E-state index >= 15 is 0 Å². The average molecular weight is 723 g/mol. The third-order valence-corrected chi connectivity index (χ3v) is 9.13. The second-order valence-corrected chi connectivity index (χ2v) is 13.4. The number of hydrogen-bond donors (Lipinski definition) is 5. The summed E-state index contributed by atoms with van der Waals surface area (Å²) in [7, 11) is 0. The molecule has 12 heteroatoms. The predicted molar refractivity (Wildman–Crippen MR) is 198 cm³/mol. The van der Waals surface area contributed by atoms with Crippen molar-refractivity contribution in [3.63, 3.8) is 0 Å². The van der Waals surface area contributed by atoms with E-state index in [4.69, 9.17) is 17.3 Å². The summed E-state index contributed by atoms with van der Waals surface area (Å²) in [5, 5.41) is 18.2. The van der Waals surface area contributed by atoms with E-state index < -0.39 is 66.1 Å². The van der Waals surface area contributed by atoms with Crippen molar-refractivity contribution in [2.45, 2.75) is 57.5 Å². The molecule has 4 aromatic carbocycles. The van der Waals surface area contributed by atoms with Gasteiger partial charge in [0.1, 0.15) is 5.69 Å². The third kappa shape index (κ3) is 10.1. The van der Waals surface area contributed by atoms with Gasteiger partial charge in [-0.15, -0.1) is 0 Å². The first-order valence-corrected chi connectivity index (χ1v) is 17.2. The van der Waals surface area contributed by atoms with Gasteiger partial charge in [-0.25, -0.2) is 0 Å². The van der Waals surface area contributed by atoms with E-state index in [2.05, 4.69) is 15.6 Å². The van der Waals surface area contributed by atoms with Gasteiger partial charge in [0.05, 0.1) is 24.4 Å². The normalized spacial score (nSPS) is 12.9. The van der Waals surface area contributed by atoms with Gasteiger partial charge < -0.3 is 26.5 Å². The zero-order valence-corrected chi connectivity index (χ0v) is 29.2. The molecule has 0 aliphatic carbocycles. The van der Waals surface area contributed by atoms with Gasteiger partial charge in [0.15, 0.2) is 11.6 Å². The molecule has 0 aliphatic heterocycles. The first-order valence-electron chi connectivity index (χ1n) is 16.8. The number of ketones is 2. The number of aromatic amines is 1. The Labute approximate surface area is 304 Å². The van der Waals surface area contributed by atoms with Gasteiger partial charge in [0.2, 0.25) is 11.8 Å². The topological polar surface area (TPSA) is 189 Å². The molecule has 3 atom stereocenters. The molecule has 5 rings (SSSR count). The highest BCUT2D eigenvalue weighted by Crippen LogP contribution is 2.22. The molecule has 5 aromatic rings. The quantitative estimate of drug-likeness (QED) is 0.0868. The number of hydrogen-bond acceptors (Lipinski definition) is 6. The van der Waals surface area contributed by atoms with Gasteiger partial charge in [-0.1, -0.05) is 83.9 Å². The number of carboxylic acid groups (broad SMARTS) is 1. The smallest absolute Gasteiger partial charge is 0.304 e. The largest absolute Gasteiger partial charge is 0.481 e. The summed E-state index contributed by atoms with van der Waals surface area (Å²) < 4.78 is 0. The predicted octanol–water partition coefficient (Wildman–Crippen LogP) is 5.24. The van der Waals surface area contributed by atoms with Crippen molar-refractivity contribution in [3.8, 4) is 0 Å². The Kier molecular flexibility index (Phi) is 12.2. The monoisotopic (exact) mass is 722 g/mol. The molecule has 0 saturated heterocycles. The summed E-state index contributed by atoms with van der Waals surface area (Å²) >= 11 is 6.12. The molecular formula is C40H39ClN4O7. The van der Waals surface area contributed by atoms with Crippen molar-refractivity contribution < 1.29 is 33.9 Å². The number of rotatable bonds is 17. The number of aliphatic carboxylic acids is 1. The van der Waals surface area contributed by atoms with Crippen LogP contribution in [0.3, 0.4) is 0 Å². The van der Waals surface area contributed by atoms with Crippen molar-refractivity contribution in [2.24, 2.45) is 11.7 Å². The van der Waals surface area contributed by atoms with Crippen molar-refractivity contribution in [3.05, 3.63) is 118 Å². The van der Waals surface area contributed by atoms with E-state index in [1.165, 1.54) is 0 Å². The molecule has 52 heavy (non-hydrogen) atoms. The molecule has 0 aliphatic rings. The SMILES string of the molecule is Cc1ccc(CC(=O)[C@H](CCC(N)=O)NC(=O)[C@H](CC(=O)O)CC(=O)[C@H](Cc2ccc3ccccc3c2)NC(=O)c2cc3cc(Cl)ccc3[nH]2)cc1. The highest BCUT2D eigenvalue weighted by molar-refractivity contribution is 6.31. The minimum atomic E-state index is -1.39. The van der Waals surface area contributed by atoms with Crippen LogP contribution in [0, 0.1) is 12.8 Å². The molecule has 268 valence electrons. The van der Waals surface area contributed by atoms with Gasteiger partial charge in [-0.2, -0.15) is 0 Å². The summed E-state index contributed by atoms with van der Waals surface area (Å²) in [6.07, 6.45) is -1.56. The van der Waals surface area contributed by atoms with Gasteiger partial charge in [-0.3, -0.25) is 28.8 Å². The average Bonchev–Trinajstić information content (AvgIpc) is 3.53. The van der Waals surface area contributed by atoms with Crippen molar-refractivity contribution >= 4 is 68.5 Å². The number of primary amides is 1. The van der Waals surface area contributed by atoms with Crippen molar-refractivity contribution in [2.75, 3.05) is 0 Å². The number of benzene rings is 4. The van der Waals surface area contributed by atoms with Crippen LogP contribution in [-0.2, 0) is 36.8 Å². The molecule has 1 heterocycles. The van der Waals surface area contributed by atoms with Gasteiger partial charge in [0.25, 0.3) is 5.91 Å². The van der Waals surface area contributed by atoms with Crippen LogP contribution in [0.1, 0.15) is 52.9 Å². The number of halogens is 1. The number of carbonyl (C=O) groups is 6. The first kappa shape index (κ1) is 37.4. The van der Waals surface area contributed by atoms with Crippen LogP contribution in [-0.4, -0.2) is 57.4 Å². The highest BCUT2D eigenvalue weighted by Gasteiger charge is 2.32. The number of Topliss-reactive ketones (excluding diaryl/α,β-unsaturated/α-hetero) is 2. The van der Waals surface area contributed by atoms with Crippen LogP contribution >= 0.6 is 11.6 Å². The Morgan fingerprint density at radius 1 is 0.769 bits per heavy atom. The van der Waals surface area contributed by atoms with Crippen LogP contribution in [0.15, 0.2) is 91.0 Å². The molecule has 11 nitrogen and oxygen atoms in total. The summed E-state index contributed by atoms with van der Waals surface area (Å²) in [6.45, 7) is 1.90. The number of carbonyl (C=O) groups excluding carboxylic acids is 5. The second kappa shape index (κ2) is 16.9. The number of nitrogens with one attached hydrogen (secondary N) is 3. The maximum absolute atomic E-state index is 14.1. The molecule has 1 aromatic heterocycles. The Morgan fingerprint density at radius 2 is 1.48 bits per heavy atom. The van der Waals surface area contributed by atoms with Crippen LogP contribution in [0.4, 0.5) is 0 Å². The minimum absolute atomic E-state index is 0.0493. The lowest BCUT2D eigenvalue weighted by Gasteiger charge is -2.23. The lowest BCUT2D eigenvalue weighted by Crippen LogP contribution is -2.47. The summed E-state index contributed by atoms with van der Waals surface area (Å²) in [6, 6.07) is 24.9. The number of H-pyrrole nitrogens is 1. The third-order valence-electron chi connectivity index (χ3n) is 8.90. The van der Waals surface area contributed by atoms with Crippen LogP contribution in [0.25, 0.3) is 21.7 Å². The fourth-order valence-electron chi connectivity index (χ4n) is 6.08. The first-order chi connectivity index (χ1) is 24.8. The maximum atomic E-state index is 14.1. The molecule has 3 amide bonds. The number of fused-ring (bicyclic) bond motifs is 2. The zero-order chi connectivity index (χ0) is 37.4. The number of carboxylic acids is 1. The fourth-order valence-corrected chi connectivity index (χ4v) is 6.26. The zero-order valence-electron chi connectivity index (χ0n) is 28.5. The number of nitrogens with two attached hydrogens (primary N) is 1. The summed E-state index contributed by atoms with van der Waals surface area (Å²) in [5.41, 5.74) is 8.60. The molecule has 0 unspecified atom stereocenters. The van der Waals surface area contributed by atoms with E-state index in [0.29, 0.717) is 21.5 Å². The number of aryl methyl sites for hydroxylation is 1. The number of aromatic nitrogens is 1. The van der Waals surface area contributed by atoms with Crippen molar-refractivity contribution in [1.82, 2.24) is 15.6 Å². The Bertz CT molecular complexity index is 2140. The van der Waals surface area contributed by atoms with E-state index in [9.17, 15) is 33.9 Å². The van der Waals surface area contributed by atoms with Gasteiger partial charge in [-0.05, 0) is 65.9 Å². The van der Waals surface area contributed by atoms with Gasteiger partial charge >= 0.3 is 5.97 Å².